The first-order chi connectivity index (χ1) is 11.7. The third-order valence-electron chi connectivity index (χ3n) is 4.28. The van der Waals surface area contributed by atoms with E-state index in [1.54, 1.807) is 10.9 Å². The SMILES string of the molecule is CCc1nc2cccc(C#Cc3cnn(C)c3)c2c(=O)n1C1CC1. The molecular formula is C19H18N4O. The quantitative estimate of drug-likeness (QED) is 0.682. The third-order valence-corrected chi connectivity index (χ3v) is 4.28. The van der Waals surface area contributed by atoms with Gasteiger partial charge < -0.3 is 0 Å². The summed E-state index contributed by atoms with van der Waals surface area (Å²) in [7, 11) is 1.85. The van der Waals surface area contributed by atoms with Crippen molar-refractivity contribution in [1.82, 2.24) is 19.3 Å². The van der Waals surface area contributed by atoms with Crippen LogP contribution in [-0.2, 0) is 13.5 Å². The van der Waals surface area contributed by atoms with Gasteiger partial charge in [-0.15, -0.1) is 0 Å². The summed E-state index contributed by atoms with van der Waals surface area (Å²) in [6.07, 6.45) is 6.45. The molecule has 2 aromatic heterocycles. The maximum atomic E-state index is 13.1. The second kappa shape index (κ2) is 5.64. The van der Waals surface area contributed by atoms with Crippen LogP contribution in [0.15, 0.2) is 35.4 Å². The summed E-state index contributed by atoms with van der Waals surface area (Å²) in [6.45, 7) is 2.04. The van der Waals surface area contributed by atoms with Crippen molar-refractivity contribution in [1.29, 1.82) is 0 Å². The van der Waals surface area contributed by atoms with Gasteiger partial charge in [-0.25, -0.2) is 4.98 Å². The van der Waals surface area contributed by atoms with Gasteiger partial charge in [0, 0.05) is 31.3 Å². The molecule has 0 saturated heterocycles. The largest absolute Gasteiger partial charge is 0.293 e. The van der Waals surface area contributed by atoms with Gasteiger partial charge in [0.15, 0.2) is 0 Å². The lowest BCUT2D eigenvalue weighted by molar-refractivity contribution is 0.646. The van der Waals surface area contributed by atoms with Gasteiger partial charge in [0.2, 0.25) is 0 Å². The minimum Gasteiger partial charge on any atom is -0.293 e. The molecule has 0 radical (unpaired) electrons. The summed E-state index contributed by atoms with van der Waals surface area (Å²) in [4.78, 5) is 17.8. The van der Waals surface area contributed by atoms with Gasteiger partial charge in [-0.05, 0) is 25.0 Å². The van der Waals surface area contributed by atoms with Crippen molar-refractivity contribution < 1.29 is 0 Å². The molecule has 1 aliphatic carbocycles. The van der Waals surface area contributed by atoms with E-state index in [-0.39, 0.29) is 5.56 Å². The van der Waals surface area contributed by atoms with Crippen LogP contribution in [0.3, 0.4) is 0 Å². The van der Waals surface area contributed by atoms with Crippen LogP contribution in [0.4, 0.5) is 0 Å². The molecule has 1 aromatic carbocycles. The maximum absolute atomic E-state index is 13.1. The lowest BCUT2D eigenvalue weighted by Gasteiger charge is -2.12. The Morgan fingerprint density at radius 1 is 1.29 bits per heavy atom. The smallest absolute Gasteiger partial charge is 0.262 e. The molecule has 4 rings (SSSR count). The molecule has 1 aliphatic rings. The van der Waals surface area contributed by atoms with E-state index in [2.05, 4.69) is 16.9 Å². The lowest BCUT2D eigenvalue weighted by Crippen LogP contribution is -2.25. The molecule has 5 nitrogen and oxygen atoms in total. The van der Waals surface area contributed by atoms with Crippen LogP contribution in [0.5, 0.6) is 0 Å². The van der Waals surface area contributed by atoms with E-state index in [0.717, 1.165) is 41.7 Å². The second-order valence-electron chi connectivity index (χ2n) is 6.14. The highest BCUT2D eigenvalue weighted by molar-refractivity contribution is 5.84. The van der Waals surface area contributed by atoms with Crippen LogP contribution >= 0.6 is 0 Å². The molecule has 0 atom stereocenters. The van der Waals surface area contributed by atoms with Crippen LogP contribution in [0.25, 0.3) is 10.9 Å². The highest BCUT2D eigenvalue weighted by Gasteiger charge is 2.28. The van der Waals surface area contributed by atoms with Crippen molar-refractivity contribution in [3.8, 4) is 11.8 Å². The van der Waals surface area contributed by atoms with Crippen molar-refractivity contribution in [2.75, 3.05) is 0 Å². The standard InChI is InChI=1S/C19H18N4O/c1-3-17-21-16-6-4-5-14(8-7-13-11-20-22(2)12-13)18(16)19(24)23(17)15-9-10-15/h4-6,11-12,15H,3,9-10H2,1-2H3. The van der Waals surface area contributed by atoms with Gasteiger partial charge in [-0.1, -0.05) is 24.8 Å². The molecule has 0 spiro atoms. The average Bonchev–Trinajstić information content (AvgIpc) is 3.33. The van der Waals surface area contributed by atoms with E-state index in [9.17, 15) is 4.79 Å². The predicted octanol–water partition coefficient (Wildman–Crippen LogP) is 2.43. The topological polar surface area (TPSA) is 52.7 Å². The Morgan fingerprint density at radius 2 is 2.12 bits per heavy atom. The first-order valence-electron chi connectivity index (χ1n) is 8.22. The normalized spacial score (nSPS) is 13.8. The Hall–Kier alpha value is -2.87. The Morgan fingerprint density at radius 3 is 2.79 bits per heavy atom. The number of fused-ring (bicyclic) bond motifs is 1. The van der Waals surface area contributed by atoms with E-state index in [1.165, 1.54) is 0 Å². The van der Waals surface area contributed by atoms with Gasteiger partial charge in [-0.3, -0.25) is 14.0 Å². The molecule has 120 valence electrons. The highest BCUT2D eigenvalue weighted by Crippen LogP contribution is 2.34. The van der Waals surface area contributed by atoms with Gasteiger partial charge in [0.1, 0.15) is 5.82 Å². The number of nitrogens with zero attached hydrogens (tertiary/aromatic N) is 4. The molecule has 2 heterocycles. The van der Waals surface area contributed by atoms with E-state index >= 15 is 0 Å². The molecule has 0 amide bonds. The van der Waals surface area contributed by atoms with Crippen LogP contribution in [0.2, 0.25) is 0 Å². The van der Waals surface area contributed by atoms with Crippen molar-refractivity contribution >= 4 is 10.9 Å². The van der Waals surface area contributed by atoms with Gasteiger partial charge in [0.05, 0.1) is 22.7 Å². The molecular weight excluding hydrogens is 300 g/mol. The summed E-state index contributed by atoms with van der Waals surface area (Å²) in [5.74, 6) is 7.08. The Balaban J connectivity index is 1.92. The Labute approximate surface area is 140 Å². The molecule has 1 saturated carbocycles. The number of benzene rings is 1. The molecule has 0 unspecified atom stereocenters. The molecule has 24 heavy (non-hydrogen) atoms. The number of rotatable bonds is 2. The van der Waals surface area contributed by atoms with Crippen molar-refractivity contribution in [2.45, 2.75) is 32.2 Å². The minimum absolute atomic E-state index is 0.0374. The summed E-state index contributed by atoms with van der Waals surface area (Å²) in [5, 5.41) is 4.74. The van der Waals surface area contributed by atoms with E-state index in [4.69, 9.17) is 4.98 Å². The number of aromatic nitrogens is 4. The zero-order valence-electron chi connectivity index (χ0n) is 13.8. The zero-order chi connectivity index (χ0) is 16.7. The minimum atomic E-state index is 0.0374. The summed E-state index contributed by atoms with van der Waals surface area (Å²) in [5.41, 5.74) is 2.32. The third kappa shape index (κ3) is 2.50. The molecule has 0 N–H and O–H groups in total. The molecule has 3 aromatic rings. The predicted molar refractivity (Wildman–Crippen MR) is 92.8 cm³/mol. The first-order valence-corrected chi connectivity index (χ1v) is 8.22. The zero-order valence-corrected chi connectivity index (χ0v) is 13.8. The van der Waals surface area contributed by atoms with Crippen LogP contribution in [-0.4, -0.2) is 19.3 Å². The summed E-state index contributed by atoms with van der Waals surface area (Å²) < 4.78 is 3.58. The van der Waals surface area contributed by atoms with Gasteiger partial charge in [-0.2, -0.15) is 5.10 Å². The Kier molecular flexibility index (Phi) is 3.46. The number of hydrogen-bond donors (Lipinski definition) is 0. The summed E-state index contributed by atoms with van der Waals surface area (Å²) in [6, 6.07) is 5.99. The van der Waals surface area contributed by atoms with Crippen molar-refractivity contribution in [2.24, 2.45) is 7.05 Å². The van der Waals surface area contributed by atoms with Gasteiger partial charge in [0.25, 0.3) is 5.56 Å². The Bertz CT molecular complexity index is 1040. The molecule has 0 aliphatic heterocycles. The number of hydrogen-bond acceptors (Lipinski definition) is 3. The van der Waals surface area contributed by atoms with E-state index < -0.39 is 0 Å². The van der Waals surface area contributed by atoms with Gasteiger partial charge >= 0.3 is 0 Å². The van der Waals surface area contributed by atoms with Crippen molar-refractivity contribution in [3.63, 3.8) is 0 Å². The fourth-order valence-corrected chi connectivity index (χ4v) is 2.98. The van der Waals surface area contributed by atoms with E-state index in [1.807, 2.05) is 42.9 Å². The van der Waals surface area contributed by atoms with Crippen LogP contribution in [0, 0.1) is 11.8 Å². The fraction of sp³-hybridized carbons (Fsp3) is 0.316. The molecule has 0 bridgehead atoms. The van der Waals surface area contributed by atoms with Crippen LogP contribution in [0.1, 0.15) is 42.8 Å². The maximum Gasteiger partial charge on any atom is 0.262 e. The fourth-order valence-electron chi connectivity index (χ4n) is 2.98. The molecule has 5 heteroatoms. The van der Waals surface area contributed by atoms with Crippen LogP contribution < -0.4 is 5.56 Å². The second-order valence-corrected chi connectivity index (χ2v) is 6.14. The monoisotopic (exact) mass is 318 g/mol. The summed E-state index contributed by atoms with van der Waals surface area (Å²) >= 11 is 0. The van der Waals surface area contributed by atoms with Crippen molar-refractivity contribution in [3.05, 3.63) is 57.9 Å². The first kappa shape index (κ1) is 14.7. The average molecular weight is 318 g/mol. The van der Waals surface area contributed by atoms with E-state index in [0.29, 0.717) is 11.4 Å². The highest BCUT2D eigenvalue weighted by atomic mass is 16.1. The number of aryl methyl sites for hydroxylation is 2. The lowest BCUT2D eigenvalue weighted by atomic mass is 10.1. The molecule has 1 fully saturated rings.